The molecule has 204 valence electrons. The van der Waals surface area contributed by atoms with Gasteiger partial charge in [-0.15, -0.1) is 0 Å². The van der Waals surface area contributed by atoms with Crippen molar-refractivity contribution in [2.45, 2.75) is 65.1 Å². The molecule has 0 unspecified atom stereocenters. The van der Waals surface area contributed by atoms with Crippen molar-refractivity contribution in [3.63, 3.8) is 0 Å². The fourth-order valence-electron chi connectivity index (χ4n) is 6.00. The van der Waals surface area contributed by atoms with Gasteiger partial charge < -0.3 is 19.1 Å². The lowest BCUT2D eigenvalue weighted by Crippen LogP contribution is -2.68. The number of β-lactam (4-membered cyclic amide) rings is 1. The van der Waals surface area contributed by atoms with E-state index in [4.69, 9.17) is 14.2 Å². The van der Waals surface area contributed by atoms with Gasteiger partial charge in [0.05, 0.1) is 20.3 Å². The van der Waals surface area contributed by atoms with Crippen LogP contribution in [0.25, 0.3) is 0 Å². The van der Waals surface area contributed by atoms with Crippen molar-refractivity contribution in [3.8, 4) is 11.5 Å². The molecule has 0 spiro atoms. The van der Waals surface area contributed by atoms with Crippen molar-refractivity contribution < 1.29 is 28.6 Å². The third-order valence-corrected chi connectivity index (χ3v) is 8.19. The lowest BCUT2D eigenvalue weighted by Gasteiger charge is -2.49. The number of hydrogen-bond donors (Lipinski definition) is 0. The van der Waals surface area contributed by atoms with E-state index in [1.165, 1.54) is 11.8 Å². The summed E-state index contributed by atoms with van der Waals surface area (Å²) in [6, 6.07) is 13.2. The van der Waals surface area contributed by atoms with Gasteiger partial charge in [-0.25, -0.2) is 4.79 Å². The van der Waals surface area contributed by atoms with Crippen molar-refractivity contribution in [1.82, 2.24) is 4.90 Å². The Kier molecular flexibility index (Phi) is 8.44. The standard InChI is InChI=1S/C31H39NO6/c1-18(2)25-16-7-19(3)17-26(25)38-31(35)29-27(20(4)33)30(34)32(29)28(21-8-12-23(36-5)13-9-21)22-10-14-24(37-6)15-11-22/h8-15,18-19,25-29H,7,16-17H2,1-6H3/t19-,25+,26-,27+,29-/m1/s1. The average Bonchev–Trinajstić information content (AvgIpc) is 2.89. The Bertz CT molecular complexity index is 1090. The molecule has 5 atom stereocenters. The minimum Gasteiger partial charge on any atom is -0.497 e. The number of ether oxygens (including phenoxy) is 3. The van der Waals surface area contributed by atoms with E-state index in [0.717, 1.165) is 30.4 Å². The summed E-state index contributed by atoms with van der Waals surface area (Å²) in [5.74, 6) is 0.214. The second kappa shape index (κ2) is 11.6. The number of amides is 1. The maximum absolute atomic E-state index is 13.8. The second-order valence-corrected chi connectivity index (χ2v) is 11.0. The van der Waals surface area contributed by atoms with Crippen LogP contribution in [0.2, 0.25) is 0 Å². The molecular weight excluding hydrogens is 482 g/mol. The van der Waals surface area contributed by atoms with E-state index in [2.05, 4.69) is 20.8 Å². The molecule has 2 aliphatic rings. The van der Waals surface area contributed by atoms with E-state index >= 15 is 0 Å². The maximum Gasteiger partial charge on any atom is 0.330 e. The number of carbonyl (C=O) groups is 3. The van der Waals surface area contributed by atoms with Crippen LogP contribution in [0.4, 0.5) is 0 Å². The molecule has 0 radical (unpaired) electrons. The van der Waals surface area contributed by atoms with Crippen LogP contribution < -0.4 is 9.47 Å². The van der Waals surface area contributed by atoms with Crippen molar-refractivity contribution in [2.75, 3.05) is 14.2 Å². The molecule has 38 heavy (non-hydrogen) atoms. The van der Waals surface area contributed by atoms with E-state index in [1.807, 2.05) is 48.5 Å². The molecule has 1 amide bonds. The van der Waals surface area contributed by atoms with Crippen LogP contribution in [-0.4, -0.2) is 48.9 Å². The Morgan fingerprint density at radius 2 is 1.42 bits per heavy atom. The fourth-order valence-corrected chi connectivity index (χ4v) is 6.00. The first-order valence-electron chi connectivity index (χ1n) is 13.5. The molecule has 7 heteroatoms. The molecule has 7 nitrogen and oxygen atoms in total. The summed E-state index contributed by atoms with van der Waals surface area (Å²) in [5, 5.41) is 0. The highest BCUT2D eigenvalue weighted by molar-refractivity contribution is 6.11. The number of esters is 1. The van der Waals surface area contributed by atoms with E-state index in [1.54, 1.807) is 14.2 Å². The molecule has 1 saturated heterocycles. The number of ketones is 1. The number of methoxy groups -OCH3 is 2. The summed E-state index contributed by atoms with van der Waals surface area (Å²) < 4.78 is 16.8. The molecule has 4 rings (SSSR count). The predicted molar refractivity (Wildman–Crippen MR) is 144 cm³/mol. The highest BCUT2D eigenvalue weighted by Gasteiger charge is 2.58. The molecule has 0 bridgehead atoms. The van der Waals surface area contributed by atoms with Crippen molar-refractivity contribution in [3.05, 3.63) is 59.7 Å². The smallest absolute Gasteiger partial charge is 0.330 e. The minimum atomic E-state index is -1.04. The Labute approximate surface area is 225 Å². The Morgan fingerprint density at radius 3 is 1.87 bits per heavy atom. The molecule has 0 aromatic heterocycles. The normalized spacial score (nSPS) is 25.2. The van der Waals surface area contributed by atoms with Crippen molar-refractivity contribution in [1.29, 1.82) is 0 Å². The minimum absolute atomic E-state index is 0.225. The maximum atomic E-state index is 13.8. The van der Waals surface area contributed by atoms with Gasteiger partial charge >= 0.3 is 5.97 Å². The van der Waals surface area contributed by atoms with Gasteiger partial charge in [-0.1, -0.05) is 51.5 Å². The summed E-state index contributed by atoms with van der Waals surface area (Å²) >= 11 is 0. The third kappa shape index (κ3) is 5.42. The van der Waals surface area contributed by atoms with E-state index in [-0.39, 0.29) is 23.7 Å². The summed E-state index contributed by atoms with van der Waals surface area (Å²) in [6.45, 7) is 7.86. The molecular formula is C31H39NO6. The monoisotopic (exact) mass is 521 g/mol. The Balaban J connectivity index is 1.71. The lowest BCUT2D eigenvalue weighted by molar-refractivity contribution is -0.185. The summed E-state index contributed by atoms with van der Waals surface area (Å²) in [7, 11) is 3.18. The molecule has 1 heterocycles. The highest BCUT2D eigenvalue weighted by atomic mass is 16.5. The number of nitrogens with zero attached hydrogens (tertiary/aromatic N) is 1. The lowest BCUT2D eigenvalue weighted by atomic mass is 9.75. The van der Waals surface area contributed by atoms with Crippen LogP contribution in [-0.2, 0) is 19.1 Å². The number of likely N-dealkylation sites (tertiary alicyclic amines) is 1. The van der Waals surface area contributed by atoms with Crippen LogP contribution in [0.5, 0.6) is 11.5 Å². The number of hydrogen-bond acceptors (Lipinski definition) is 6. The summed E-state index contributed by atoms with van der Waals surface area (Å²) in [5.41, 5.74) is 1.60. The Hall–Kier alpha value is -3.35. The molecule has 1 aliphatic heterocycles. The average molecular weight is 522 g/mol. The van der Waals surface area contributed by atoms with Gasteiger partial charge in [0.2, 0.25) is 5.91 Å². The molecule has 2 aromatic rings. The number of benzene rings is 2. The highest BCUT2D eigenvalue weighted by Crippen LogP contribution is 2.43. The van der Waals surface area contributed by atoms with E-state index in [9.17, 15) is 14.4 Å². The number of carbonyl (C=O) groups excluding carboxylic acids is 3. The van der Waals surface area contributed by atoms with Crippen LogP contribution in [0.3, 0.4) is 0 Å². The fraction of sp³-hybridized carbons (Fsp3) is 0.516. The van der Waals surface area contributed by atoms with Gasteiger partial charge in [-0.05, 0) is 72.9 Å². The Morgan fingerprint density at radius 1 is 0.895 bits per heavy atom. The third-order valence-electron chi connectivity index (χ3n) is 8.19. The quantitative estimate of drug-likeness (QED) is 0.256. The summed E-state index contributed by atoms with van der Waals surface area (Å²) in [4.78, 5) is 41.4. The van der Waals surface area contributed by atoms with Crippen LogP contribution in [0.15, 0.2) is 48.5 Å². The first-order valence-corrected chi connectivity index (χ1v) is 13.5. The first kappa shape index (κ1) is 27.7. The van der Waals surface area contributed by atoms with Gasteiger partial charge in [0.1, 0.15) is 35.3 Å². The molecule has 1 aliphatic carbocycles. The topological polar surface area (TPSA) is 82.1 Å². The molecule has 2 aromatic carbocycles. The number of Topliss-reactive ketones (excluding diaryl/α,β-unsaturated/α-hetero) is 1. The van der Waals surface area contributed by atoms with Gasteiger partial charge in [0.25, 0.3) is 0 Å². The summed E-state index contributed by atoms with van der Waals surface area (Å²) in [6.07, 6.45) is 2.68. The largest absolute Gasteiger partial charge is 0.497 e. The van der Waals surface area contributed by atoms with E-state index < -0.39 is 24.0 Å². The zero-order valence-electron chi connectivity index (χ0n) is 23.2. The van der Waals surface area contributed by atoms with Gasteiger partial charge in [0, 0.05) is 0 Å². The zero-order valence-corrected chi connectivity index (χ0v) is 23.2. The van der Waals surface area contributed by atoms with Gasteiger partial charge in [0.15, 0.2) is 0 Å². The molecule has 0 N–H and O–H groups in total. The van der Waals surface area contributed by atoms with Crippen LogP contribution in [0, 0.1) is 23.7 Å². The molecule has 1 saturated carbocycles. The first-order chi connectivity index (χ1) is 18.2. The van der Waals surface area contributed by atoms with E-state index in [0.29, 0.717) is 23.3 Å². The zero-order chi connectivity index (χ0) is 27.6. The van der Waals surface area contributed by atoms with Gasteiger partial charge in [-0.3, -0.25) is 9.59 Å². The van der Waals surface area contributed by atoms with Gasteiger partial charge in [-0.2, -0.15) is 0 Å². The van der Waals surface area contributed by atoms with Crippen LogP contribution >= 0.6 is 0 Å². The second-order valence-electron chi connectivity index (χ2n) is 11.0. The SMILES string of the molecule is COc1ccc(C(c2ccc(OC)cc2)N2C(=O)[C@@H](C(C)=O)[C@@H]2C(=O)O[C@@H]2C[C@H](C)CC[C@H]2C(C)C)cc1. The molecule has 2 fully saturated rings. The van der Waals surface area contributed by atoms with Crippen molar-refractivity contribution >= 4 is 17.7 Å². The predicted octanol–water partition coefficient (Wildman–Crippen LogP) is 5.21. The number of rotatable bonds is 9. The van der Waals surface area contributed by atoms with Crippen molar-refractivity contribution in [2.24, 2.45) is 23.7 Å². The van der Waals surface area contributed by atoms with Crippen LogP contribution in [0.1, 0.15) is 64.1 Å².